The number of imide groups is 1. The van der Waals surface area contributed by atoms with E-state index in [1.54, 1.807) is 25.1 Å². The molecule has 0 saturated carbocycles. The van der Waals surface area contributed by atoms with E-state index in [0.717, 1.165) is 0 Å². The Morgan fingerprint density at radius 1 is 1.21 bits per heavy atom. The van der Waals surface area contributed by atoms with Crippen molar-refractivity contribution in [2.45, 2.75) is 38.1 Å². The number of nitrogens with one attached hydrogen (secondary N) is 3. The van der Waals surface area contributed by atoms with Crippen LogP contribution in [0.25, 0.3) is 0 Å². The van der Waals surface area contributed by atoms with Gasteiger partial charge in [-0.2, -0.15) is 0 Å². The van der Waals surface area contributed by atoms with Gasteiger partial charge in [0.1, 0.15) is 5.82 Å². The van der Waals surface area contributed by atoms with E-state index in [2.05, 4.69) is 16.0 Å². The summed E-state index contributed by atoms with van der Waals surface area (Å²) in [6.07, 6.45) is 0.505. The third kappa shape index (κ3) is 3.49. The number of nitrogens with zero attached hydrogens (tertiary/aromatic N) is 1. The van der Waals surface area contributed by atoms with Crippen molar-refractivity contribution in [3.05, 3.63) is 35.6 Å². The maximum absolute atomic E-state index is 13.8. The number of benzene rings is 1. The summed E-state index contributed by atoms with van der Waals surface area (Å²) in [5.41, 5.74) is 0.466. The van der Waals surface area contributed by atoms with Crippen molar-refractivity contribution in [2.75, 3.05) is 13.2 Å². The number of hydrogen-bond donors (Lipinski definition) is 3. The summed E-state index contributed by atoms with van der Waals surface area (Å²) in [4.78, 5) is 25.8. The minimum absolute atomic E-state index is 0.163. The first-order valence-electron chi connectivity index (χ1n) is 8.04. The molecular weight excluding hydrogens is 315 g/mol. The molecule has 3 N–H and O–H groups in total. The van der Waals surface area contributed by atoms with Crippen LogP contribution in [0, 0.1) is 5.82 Å². The second-order valence-corrected chi connectivity index (χ2v) is 5.96. The topological polar surface area (TPSA) is 82.7 Å². The van der Waals surface area contributed by atoms with Crippen molar-refractivity contribution in [2.24, 2.45) is 0 Å². The van der Waals surface area contributed by atoms with Gasteiger partial charge in [0.2, 0.25) is 0 Å². The van der Waals surface area contributed by atoms with Crippen molar-refractivity contribution < 1.29 is 18.7 Å². The Hall–Kier alpha value is -2.19. The average Bonchev–Trinajstić information content (AvgIpc) is 2.55. The third-order valence-electron chi connectivity index (χ3n) is 4.32. The van der Waals surface area contributed by atoms with Crippen LogP contribution in [0.15, 0.2) is 24.3 Å². The predicted octanol–water partition coefficient (Wildman–Crippen LogP) is 1.67. The molecule has 1 atom stereocenters. The Labute approximate surface area is 139 Å². The molecule has 0 spiro atoms. The van der Waals surface area contributed by atoms with Crippen molar-refractivity contribution >= 4 is 12.1 Å². The fourth-order valence-electron chi connectivity index (χ4n) is 3.04. The van der Waals surface area contributed by atoms with Crippen LogP contribution in [0.3, 0.4) is 0 Å². The van der Waals surface area contributed by atoms with Gasteiger partial charge in [-0.15, -0.1) is 0 Å². The zero-order chi connectivity index (χ0) is 17.1. The first-order valence-corrected chi connectivity index (χ1v) is 8.04. The van der Waals surface area contributed by atoms with Gasteiger partial charge in [-0.05, 0) is 25.8 Å². The van der Waals surface area contributed by atoms with Gasteiger partial charge in [-0.1, -0.05) is 18.2 Å². The van der Waals surface area contributed by atoms with Crippen LogP contribution in [-0.2, 0) is 4.74 Å². The number of amides is 4. The Morgan fingerprint density at radius 2 is 1.83 bits per heavy atom. The SMILES string of the molecule is CC(NC1NC(=O)N(C2CCOCC2)C(=O)N1)c1ccccc1F. The smallest absolute Gasteiger partial charge is 0.328 e. The molecule has 130 valence electrons. The first kappa shape index (κ1) is 16.7. The maximum Gasteiger partial charge on any atom is 0.328 e. The van der Waals surface area contributed by atoms with E-state index >= 15 is 0 Å². The summed E-state index contributed by atoms with van der Waals surface area (Å²) in [5, 5.41) is 8.39. The van der Waals surface area contributed by atoms with E-state index in [1.807, 2.05) is 0 Å². The summed E-state index contributed by atoms with van der Waals surface area (Å²) in [6.45, 7) is 2.84. The van der Waals surface area contributed by atoms with Crippen LogP contribution in [-0.4, -0.2) is 42.5 Å². The minimum atomic E-state index is -0.754. The van der Waals surface area contributed by atoms with Gasteiger partial charge in [0, 0.05) is 30.9 Å². The number of hydrogen-bond acceptors (Lipinski definition) is 4. The minimum Gasteiger partial charge on any atom is -0.381 e. The highest BCUT2D eigenvalue weighted by molar-refractivity contribution is 5.96. The summed E-state index contributed by atoms with van der Waals surface area (Å²) in [7, 11) is 0. The Balaban J connectivity index is 1.63. The summed E-state index contributed by atoms with van der Waals surface area (Å²) in [6, 6.07) is 4.93. The Kier molecular flexibility index (Phi) is 4.96. The lowest BCUT2D eigenvalue weighted by molar-refractivity contribution is 0.0492. The molecule has 1 aromatic carbocycles. The summed E-state index contributed by atoms with van der Waals surface area (Å²) in [5.74, 6) is -0.338. The van der Waals surface area contributed by atoms with E-state index < -0.39 is 18.4 Å². The van der Waals surface area contributed by atoms with Gasteiger partial charge in [0.15, 0.2) is 6.29 Å². The molecule has 1 aromatic rings. The zero-order valence-electron chi connectivity index (χ0n) is 13.4. The molecule has 1 unspecified atom stereocenters. The second-order valence-electron chi connectivity index (χ2n) is 5.96. The van der Waals surface area contributed by atoms with Crippen LogP contribution >= 0.6 is 0 Å². The van der Waals surface area contributed by atoms with Crippen LogP contribution < -0.4 is 16.0 Å². The molecule has 0 radical (unpaired) electrons. The molecule has 0 aromatic heterocycles. The van der Waals surface area contributed by atoms with E-state index in [4.69, 9.17) is 4.74 Å². The Morgan fingerprint density at radius 3 is 2.46 bits per heavy atom. The average molecular weight is 336 g/mol. The van der Waals surface area contributed by atoms with E-state index in [9.17, 15) is 14.0 Å². The molecule has 2 aliphatic heterocycles. The van der Waals surface area contributed by atoms with E-state index in [1.165, 1.54) is 11.0 Å². The van der Waals surface area contributed by atoms with E-state index in [0.29, 0.717) is 31.6 Å². The Bertz CT molecular complexity index is 603. The van der Waals surface area contributed by atoms with Crippen molar-refractivity contribution in [3.63, 3.8) is 0 Å². The van der Waals surface area contributed by atoms with Crippen molar-refractivity contribution in [3.8, 4) is 0 Å². The van der Waals surface area contributed by atoms with Crippen LogP contribution in [0.5, 0.6) is 0 Å². The van der Waals surface area contributed by atoms with Crippen LogP contribution in [0.4, 0.5) is 14.0 Å². The lowest BCUT2D eigenvalue weighted by Gasteiger charge is -2.39. The number of urea groups is 2. The van der Waals surface area contributed by atoms with Gasteiger partial charge >= 0.3 is 12.1 Å². The molecule has 8 heteroatoms. The number of carbonyl (C=O) groups is 2. The molecule has 2 saturated heterocycles. The quantitative estimate of drug-likeness (QED) is 0.781. The fraction of sp³-hybridized carbons (Fsp3) is 0.500. The highest BCUT2D eigenvalue weighted by Gasteiger charge is 2.37. The second kappa shape index (κ2) is 7.14. The standard InChI is InChI=1S/C16H21FN4O3/c1-10(12-4-2-3-5-13(12)17)18-14-19-15(22)21(16(23)20-14)11-6-8-24-9-7-11/h2-5,10-11,14,18H,6-9H2,1H3,(H,19,22)(H,20,23). The highest BCUT2D eigenvalue weighted by atomic mass is 19.1. The summed E-state index contributed by atoms with van der Waals surface area (Å²) < 4.78 is 19.1. The van der Waals surface area contributed by atoms with Gasteiger partial charge in [-0.25, -0.2) is 18.9 Å². The number of rotatable bonds is 4. The molecule has 7 nitrogen and oxygen atoms in total. The molecule has 2 fully saturated rings. The predicted molar refractivity (Wildman–Crippen MR) is 84.5 cm³/mol. The maximum atomic E-state index is 13.8. The molecule has 0 aliphatic carbocycles. The first-order chi connectivity index (χ1) is 11.6. The monoisotopic (exact) mass is 336 g/mol. The third-order valence-corrected chi connectivity index (χ3v) is 4.32. The van der Waals surface area contributed by atoms with Crippen molar-refractivity contribution in [1.82, 2.24) is 20.9 Å². The number of halogens is 1. The van der Waals surface area contributed by atoms with Gasteiger partial charge in [0.05, 0.1) is 0 Å². The molecule has 24 heavy (non-hydrogen) atoms. The van der Waals surface area contributed by atoms with Gasteiger partial charge in [0.25, 0.3) is 0 Å². The molecule has 4 amide bonds. The number of carbonyl (C=O) groups excluding carboxylic acids is 2. The van der Waals surface area contributed by atoms with Gasteiger partial charge in [-0.3, -0.25) is 5.32 Å². The highest BCUT2D eigenvalue weighted by Crippen LogP contribution is 2.19. The normalized spacial score (nSPS) is 21.3. The summed E-state index contributed by atoms with van der Waals surface area (Å²) >= 11 is 0. The van der Waals surface area contributed by atoms with Gasteiger partial charge < -0.3 is 15.4 Å². The molecule has 0 bridgehead atoms. The lowest BCUT2D eigenvalue weighted by Crippen LogP contribution is -2.70. The van der Waals surface area contributed by atoms with Crippen LogP contribution in [0.2, 0.25) is 0 Å². The largest absolute Gasteiger partial charge is 0.381 e. The fourth-order valence-corrected chi connectivity index (χ4v) is 3.04. The molecule has 3 rings (SSSR count). The molecular formula is C16H21FN4O3. The zero-order valence-corrected chi connectivity index (χ0v) is 13.4. The van der Waals surface area contributed by atoms with E-state index in [-0.39, 0.29) is 17.9 Å². The molecule has 2 aliphatic rings. The molecule has 2 heterocycles. The van der Waals surface area contributed by atoms with Crippen molar-refractivity contribution in [1.29, 1.82) is 0 Å². The lowest BCUT2D eigenvalue weighted by atomic mass is 10.1. The number of ether oxygens (including phenoxy) is 1. The van der Waals surface area contributed by atoms with Crippen LogP contribution in [0.1, 0.15) is 31.4 Å².